The topological polar surface area (TPSA) is 66.5 Å². The maximum atomic E-state index is 12.7. The second-order valence-corrected chi connectivity index (χ2v) is 4.88. The summed E-state index contributed by atoms with van der Waals surface area (Å²) in [7, 11) is 0. The highest BCUT2D eigenvalue weighted by Crippen LogP contribution is 2.17. The Kier molecular flexibility index (Phi) is 3.09. The van der Waals surface area contributed by atoms with Crippen LogP contribution >= 0.6 is 0 Å². The van der Waals surface area contributed by atoms with E-state index in [0.717, 1.165) is 17.0 Å². The molecule has 0 aromatic heterocycles. The highest BCUT2D eigenvalue weighted by Gasteiger charge is 2.44. The van der Waals surface area contributed by atoms with E-state index in [1.165, 1.54) is 12.1 Å². The molecule has 1 N–H and O–H groups in total. The number of hydrogen-bond acceptors (Lipinski definition) is 3. The molecule has 1 aliphatic rings. The number of carbonyl (C=O) groups excluding carboxylic acids is 3. The second kappa shape index (κ2) is 4.46. The van der Waals surface area contributed by atoms with Crippen LogP contribution in [0, 0.1) is 5.82 Å². The largest absolute Gasteiger partial charge is 0.325 e. The fourth-order valence-electron chi connectivity index (χ4n) is 1.83. The van der Waals surface area contributed by atoms with E-state index in [0.29, 0.717) is 0 Å². The van der Waals surface area contributed by atoms with Crippen LogP contribution in [0.4, 0.5) is 9.18 Å². The number of benzene rings is 1. The molecule has 1 aliphatic heterocycles. The van der Waals surface area contributed by atoms with Gasteiger partial charge in [0.25, 0.3) is 5.91 Å². The molecular formula is C13H13FN2O3. The van der Waals surface area contributed by atoms with Crippen LogP contribution in [0.15, 0.2) is 24.3 Å². The van der Waals surface area contributed by atoms with Crippen molar-refractivity contribution < 1.29 is 18.8 Å². The van der Waals surface area contributed by atoms with Gasteiger partial charge in [0, 0.05) is 5.56 Å². The summed E-state index contributed by atoms with van der Waals surface area (Å²) in [6.45, 7) is 2.78. The van der Waals surface area contributed by atoms with E-state index in [9.17, 15) is 18.8 Å². The summed E-state index contributed by atoms with van der Waals surface area (Å²) in [6, 6.07) is 4.36. The molecule has 100 valence electrons. The van der Waals surface area contributed by atoms with Gasteiger partial charge in [-0.2, -0.15) is 0 Å². The van der Waals surface area contributed by atoms with Crippen molar-refractivity contribution in [3.05, 3.63) is 35.6 Å². The van der Waals surface area contributed by atoms with Gasteiger partial charge < -0.3 is 5.32 Å². The minimum absolute atomic E-state index is 0.256. The number of rotatable bonds is 3. The SMILES string of the molecule is CC1(C)NC(=O)N(CC(=O)c2ccc(F)cc2)C1=O. The first-order chi connectivity index (χ1) is 8.81. The zero-order valence-electron chi connectivity index (χ0n) is 10.6. The second-order valence-electron chi connectivity index (χ2n) is 4.88. The van der Waals surface area contributed by atoms with E-state index < -0.39 is 29.1 Å². The number of hydrogen-bond donors (Lipinski definition) is 1. The van der Waals surface area contributed by atoms with Gasteiger partial charge in [0.15, 0.2) is 5.78 Å². The van der Waals surface area contributed by atoms with Crippen LogP contribution in [0.25, 0.3) is 0 Å². The van der Waals surface area contributed by atoms with Crippen LogP contribution in [-0.2, 0) is 4.79 Å². The van der Waals surface area contributed by atoms with Crippen LogP contribution in [-0.4, -0.2) is 34.7 Å². The Morgan fingerprint density at radius 1 is 1.26 bits per heavy atom. The van der Waals surface area contributed by atoms with Crippen LogP contribution in [0.5, 0.6) is 0 Å². The highest BCUT2D eigenvalue weighted by molar-refractivity contribution is 6.10. The van der Waals surface area contributed by atoms with Gasteiger partial charge >= 0.3 is 6.03 Å². The molecular weight excluding hydrogens is 251 g/mol. The van der Waals surface area contributed by atoms with Crippen molar-refractivity contribution in [1.82, 2.24) is 10.2 Å². The lowest BCUT2D eigenvalue weighted by Crippen LogP contribution is -2.41. The van der Waals surface area contributed by atoms with Crippen molar-refractivity contribution in [2.75, 3.05) is 6.54 Å². The maximum absolute atomic E-state index is 12.7. The quantitative estimate of drug-likeness (QED) is 0.661. The molecule has 0 spiro atoms. The number of ketones is 1. The molecule has 1 aromatic carbocycles. The number of urea groups is 1. The third kappa shape index (κ3) is 2.47. The van der Waals surface area contributed by atoms with Gasteiger partial charge in [-0.3, -0.25) is 14.5 Å². The minimum atomic E-state index is -1.000. The summed E-state index contributed by atoms with van der Waals surface area (Å²) in [5.41, 5.74) is -0.744. The van der Waals surface area contributed by atoms with Gasteiger partial charge in [-0.05, 0) is 38.1 Å². The zero-order chi connectivity index (χ0) is 14.2. The molecule has 2 rings (SSSR count). The molecule has 0 radical (unpaired) electrons. The number of imide groups is 1. The number of nitrogens with zero attached hydrogens (tertiary/aromatic N) is 1. The fourth-order valence-corrected chi connectivity index (χ4v) is 1.83. The lowest BCUT2D eigenvalue weighted by Gasteiger charge is -2.15. The number of carbonyl (C=O) groups is 3. The fraction of sp³-hybridized carbons (Fsp3) is 0.308. The van der Waals surface area contributed by atoms with Crippen molar-refractivity contribution in [2.45, 2.75) is 19.4 Å². The van der Waals surface area contributed by atoms with Crippen molar-refractivity contribution in [3.8, 4) is 0 Å². The lowest BCUT2D eigenvalue weighted by molar-refractivity contribution is -0.129. The lowest BCUT2D eigenvalue weighted by atomic mass is 10.1. The third-order valence-electron chi connectivity index (χ3n) is 2.91. The number of nitrogens with one attached hydrogen (secondary N) is 1. The molecule has 0 aliphatic carbocycles. The third-order valence-corrected chi connectivity index (χ3v) is 2.91. The molecule has 3 amide bonds. The van der Waals surface area contributed by atoms with Gasteiger partial charge in [-0.25, -0.2) is 9.18 Å². The zero-order valence-corrected chi connectivity index (χ0v) is 10.6. The number of amides is 3. The maximum Gasteiger partial charge on any atom is 0.325 e. The minimum Gasteiger partial charge on any atom is -0.324 e. The van der Waals surface area contributed by atoms with E-state index >= 15 is 0 Å². The molecule has 6 heteroatoms. The molecule has 1 saturated heterocycles. The van der Waals surface area contributed by atoms with Crippen molar-refractivity contribution in [2.24, 2.45) is 0 Å². The first-order valence-electron chi connectivity index (χ1n) is 5.74. The van der Waals surface area contributed by atoms with E-state index in [2.05, 4.69) is 5.32 Å². The van der Waals surface area contributed by atoms with Crippen molar-refractivity contribution in [1.29, 1.82) is 0 Å². The first-order valence-corrected chi connectivity index (χ1v) is 5.74. The summed E-state index contributed by atoms with van der Waals surface area (Å²) in [5.74, 6) is -1.32. The van der Waals surface area contributed by atoms with Crippen LogP contribution < -0.4 is 5.32 Å². The Morgan fingerprint density at radius 3 is 2.32 bits per heavy atom. The number of halogens is 1. The van der Waals surface area contributed by atoms with E-state index in [4.69, 9.17) is 0 Å². The Labute approximate surface area is 109 Å². The predicted octanol–water partition coefficient (Wildman–Crippen LogP) is 1.34. The standard InChI is InChI=1S/C13H13FN2O3/c1-13(2)11(18)16(12(19)15-13)7-10(17)8-3-5-9(14)6-4-8/h3-6H,7H2,1-2H3,(H,15,19). The highest BCUT2D eigenvalue weighted by atomic mass is 19.1. The van der Waals surface area contributed by atoms with Crippen LogP contribution in [0.1, 0.15) is 24.2 Å². The van der Waals surface area contributed by atoms with E-state index in [1.807, 2.05) is 0 Å². The smallest absolute Gasteiger partial charge is 0.324 e. The first kappa shape index (κ1) is 13.2. The molecule has 0 bridgehead atoms. The van der Waals surface area contributed by atoms with Gasteiger partial charge in [-0.15, -0.1) is 0 Å². The molecule has 1 heterocycles. The Hall–Kier alpha value is -2.24. The van der Waals surface area contributed by atoms with Crippen LogP contribution in [0.2, 0.25) is 0 Å². The van der Waals surface area contributed by atoms with E-state index in [-0.39, 0.29) is 12.1 Å². The number of Topliss-reactive ketones (excluding diaryl/α,β-unsaturated/α-hetero) is 1. The van der Waals surface area contributed by atoms with Crippen molar-refractivity contribution in [3.63, 3.8) is 0 Å². The average Bonchev–Trinajstić information content (AvgIpc) is 2.52. The molecule has 1 aromatic rings. The summed E-state index contributed by atoms with van der Waals surface area (Å²) in [5, 5.41) is 2.48. The summed E-state index contributed by atoms with van der Waals surface area (Å²) in [4.78, 5) is 36.3. The predicted molar refractivity (Wildman–Crippen MR) is 65.1 cm³/mol. The van der Waals surface area contributed by atoms with E-state index in [1.54, 1.807) is 13.8 Å². The molecule has 1 fully saturated rings. The Bertz CT molecular complexity index is 552. The molecule has 5 nitrogen and oxygen atoms in total. The Balaban J connectivity index is 2.14. The van der Waals surface area contributed by atoms with Crippen molar-refractivity contribution >= 4 is 17.7 Å². The van der Waals surface area contributed by atoms with Gasteiger partial charge in [0.1, 0.15) is 11.4 Å². The summed E-state index contributed by atoms with van der Waals surface area (Å²) in [6.07, 6.45) is 0. The van der Waals surface area contributed by atoms with Crippen LogP contribution in [0.3, 0.4) is 0 Å². The molecule has 0 atom stereocenters. The molecule has 0 unspecified atom stereocenters. The van der Waals surface area contributed by atoms with Gasteiger partial charge in [0.05, 0.1) is 6.54 Å². The molecule has 0 saturated carbocycles. The van der Waals surface area contributed by atoms with Gasteiger partial charge in [0.2, 0.25) is 0 Å². The molecule has 19 heavy (non-hydrogen) atoms. The average molecular weight is 264 g/mol. The monoisotopic (exact) mass is 264 g/mol. The Morgan fingerprint density at radius 2 is 1.84 bits per heavy atom. The summed E-state index contributed by atoms with van der Waals surface area (Å²) < 4.78 is 12.7. The summed E-state index contributed by atoms with van der Waals surface area (Å²) >= 11 is 0. The van der Waals surface area contributed by atoms with Gasteiger partial charge in [-0.1, -0.05) is 0 Å². The normalized spacial score (nSPS) is 17.5.